The molecule has 1 aromatic rings. The molecule has 0 aromatic heterocycles. The van der Waals surface area contributed by atoms with Gasteiger partial charge in [-0.15, -0.1) is 11.8 Å². The van der Waals surface area contributed by atoms with Crippen molar-refractivity contribution in [3.63, 3.8) is 0 Å². The zero-order valence-electron chi connectivity index (χ0n) is 14.1. The number of hydrogen-bond donors (Lipinski definition) is 0. The first-order valence-corrected chi connectivity index (χ1v) is 9.81. The fourth-order valence-corrected chi connectivity index (χ4v) is 4.24. The maximum atomic E-state index is 12.3. The van der Waals surface area contributed by atoms with Crippen LogP contribution >= 0.6 is 35.0 Å². The number of hydrogen-bond acceptors (Lipinski definition) is 3. The SMILES string of the molecule is CCC(=O)N(CCN1C(=O)CS[C@H]1c1ccc(Cl)c(Cl)c1)C(C)C. The molecule has 2 rings (SSSR count). The molecular formula is C17H22Cl2N2O2S. The fraction of sp³-hybridized carbons (Fsp3) is 0.529. The summed E-state index contributed by atoms with van der Waals surface area (Å²) in [6.45, 7) is 6.89. The Kier molecular flexibility index (Phi) is 6.84. The van der Waals surface area contributed by atoms with Gasteiger partial charge in [0.1, 0.15) is 5.37 Å². The Morgan fingerprint density at radius 2 is 2.08 bits per heavy atom. The van der Waals surface area contributed by atoms with Crippen molar-refractivity contribution in [3.05, 3.63) is 33.8 Å². The highest BCUT2D eigenvalue weighted by Gasteiger charge is 2.33. The molecule has 0 spiro atoms. The van der Waals surface area contributed by atoms with E-state index in [1.54, 1.807) is 17.8 Å². The van der Waals surface area contributed by atoms with E-state index in [0.717, 1.165) is 5.56 Å². The number of thioether (sulfide) groups is 1. The Morgan fingerprint density at radius 1 is 1.38 bits per heavy atom. The first kappa shape index (κ1) is 19.4. The van der Waals surface area contributed by atoms with E-state index in [9.17, 15) is 9.59 Å². The number of halogens is 2. The van der Waals surface area contributed by atoms with Gasteiger partial charge in [0, 0.05) is 25.6 Å². The van der Waals surface area contributed by atoms with Gasteiger partial charge in [0.25, 0.3) is 0 Å². The van der Waals surface area contributed by atoms with Gasteiger partial charge < -0.3 is 9.80 Å². The summed E-state index contributed by atoms with van der Waals surface area (Å²) in [5, 5.41) is 0.901. The van der Waals surface area contributed by atoms with Crippen molar-refractivity contribution >= 4 is 46.8 Å². The van der Waals surface area contributed by atoms with Gasteiger partial charge in [-0.1, -0.05) is 36.2 Å². The minimum absolute atomic E-state index is 0.0852. The third-order valence-corrected chi connectivity index (χ3v) is 6.02. The summed E-state index contributed by atoms with van der Waals surface area (Å²) >= 11 is 13.7. The molecule has 1 aromatic carbocycles. The molecule has 2 amide bonds. The molecule has 1 aliphatic rings. The van der Waals surface area contributed by atoms with Crippen LogP contribution in [0.1, 0.15) is 38.1 Å². The molecule has 24 heavy (non-hydrogen) atoms. The molecule has 1 aliphatic heterocycles. The molecule has 132 valence electrons. The van der Waals surface area contributed by atoms with E-state index in [0.29, 0.717) is 35.3 Å². The zero-order chi connectivity index (χ0) is 17.9. The third-order valence-electron chi connectivity index (χ3n) is 4.02. The Morgan fingerprint density at radius 3 is 2.67 bits per heavy atom. The van der Waals surface area contributed by atoms with E-state index < -0.39 is 0 Å². The van der Waals surface area contributed by atoms with Crippen LogP contribution in [-0.2, 0) is 9.59 Å². The van der Waals surface area contributed by atoms with Gasteiger partial charge in [0.15, 0.2) is 0 Å². The lowest BCUT2D eigenvalue weighted by molar-refractivity contribution is -0.135. The zero-order valence-corrected chi connectivity index (χ0v) is 16.4. The number of amides is 2. The molecule has 0 unspecified atom stereocenters. The monoisotopic (exact) mass is 388 g/mol. The first-order valence-electron chi connectivity index (χ1n) is 8.00. The highest BCUT2D eigenvalue weighted by Crippen LogP contribution is 2.40. The highest BCUT2D eigenvalue weighted by atomic mass is 35.5. The van der Waals surface area contributed by atoms with Crippen molar-refractivity contribution in [2.75, 3.05) is 18.8 Å². The minimum atomic E-state index is -0.0852. The maximum Gasteiger partial charge on any atom is 0.233 e. The lowest BCUT2D eigenvalue weighted by Crippen LogP contribution is -2.43. The van der Waals surface area contributed by atoms with Crippen LogP contribution in [0.3, 0.4) is 0 Å². The smallest absolute Gasteiger partial charge is 0.233 e. The lowest BCUT2D eigenvalue weighted by atomic mass is 10.2. The summed E-state index contributed by atoms with van der Waals surface area (Å²) in [5.74, 6) is 0.632. The van der Waals surface area contributed by atoms with E-state index >= 15 is 0 Å². The van der Waals surface area contributed by atoms with Gasteiger partial charge in [-0.05, 0) is 31.5 Å². The van der Waals surface area contributed by atoms with E-state index in [1.165, 1.54) is 0 Å². The first-order chi connectivity index (χ1) is 11.3. The third kappa shape index (κ3) is 4.38. The largest absolute Gasteiger partial charge is 0.339 e. The summed E-state index contributed by atoms with van der Waals surface area (Å²) in [7, 11) is 0. The topological polar surface area (TPSA) is 40.6 Å². The molecule has 7 heteroatoms. The Labute approximate surface area is 157 Å². The van der Waals surface area contributed by atoms with Gasteiger partial charge in [-0.3, -0.25) is 9.59 Å². The summed E-state index contributed by atoms with van der Waals surface area (Å²) in [5.41, 5.74) is 0.957. The van der Waals surface area contributed by atoms with Crippen LogP contribution in [0.25, 0.3) is 0 Å². The Balaban J connectivity index is 2.12. The van der Waals surface area contributed by atoms with Crippen LogP contribution in [0.15, 0.2) is 18.2 Å². The second-order valence-corrected chi connectivity index (χ2v) is 7.84. The highest BCUT2D eigenvalue weighted by molar-refractivity contribution is 8.00. The Bertz CT molecular complexity index is 625. The number of carbonyl (C=O) groups is 2. The number of rotatable bonds is 6. The second kappa shape index (κ2) is 8.45. The van der Waals surface area contributed by atoms with E-state index in [1.807, 2.05) is 42.7 Å². The van der Waals surface area contributed by atoms with E-state index in [-0.39, 0.29) is 23.2 Å². The summed E-state index contributed by atoms with van der Waals surface area (Å²) in [6, 6.07) is 5.58. The number of carbonyl (C=O) groups excluding carboxylic acids is 2. The van der Waals surface area contributed by atoms with E-state index in [2.05, 4.69) is 0 Å². The molecule has 4 nitrogen and oxygen atoms in total. The molecule has 0 aliphatic carbocycles. The predicted molar refractivity (Wildman–Crippen MR) is 101 cm³/mol. The molecular weight excluding hydrogens is 367 g/mol. The van der Waals surface area contributed by atoms with Gasteiger partial charge in [-0.2, -0.15) is 0 Å². The standard InChI is InChI=1S/C17H22Cl2N2O2S/c1-4-15(22)20(11(2)3)7-8-21-16(23)10-24-17(21)12-5-6-13(18)14(19)9-12/h5-6,9,11,17H,4,7-8,10H2,1-3H3/t17-/m0/s1. The second-order valence-electron chi connectivity index (χ2n) is 5.96. The van der Waals surface area contributed by atoms with Gasteiger partial charge in [-0.25, -0.2) is 0 Å². The summed E-state index contributed by atoms with van der Waals surface area (Å²) in [6.07, 6.45) is 0.469. The quantitative estimate of drug-likeness (QED) is 0.732. The number of benzene rings is 1. The van der Waals surface area contributed by atoms with Crippen molar-refractivity contribution in [1.82, 2.24) is 9.80 Å². The molecule has 1 saturated heterocycles. The number of nitrogens with zero attached hydrogens (tertiary/aromatic N) is 2. The van der Waals surface area contributed by atoms with Crippen molar-refractivity contribution in [2.45, 2.75) is 38.6 Å². The van der Waals surface area contributed by atoms with Gasteiger partial charge in [0.2, 0.25) is 11.8 Å². The van der Waals surface area contributed by atoms with Crippen LogP contribution in [-0.4, -0.2) is 46.5 Å². The van der Waals surface area contributed by atoms with Crippen LogP contribution < -0.4 is 0 Å². The average Bonchev–Trinajstić information content (AvgIpc) is 2.90. The molecule has 0 bridgehead atoms. The van der Waals surface area contributed by atoms with Crippen LogP contribution in [0.4, 0.5) is 0 Å². The van der Waals surface area contributed by atoms with Gasteiger partial charge >= 0.3 is 0 Å². The van der Waals surface area contributed by atoms with Crippen molar-refractivity contribution in [2.24, 2.45) is 0 Å². The van der Waals surface area contributed by atoms with Crippen LogP contribution in [0.5, 0.6) is 0 Å². The lowest BCUT2D eigenvalue weighted by Gasteiger charge is -2.31. The van der Waals surface area contributed by atoms with Crippen molar-refractivity contribution < 1.29 is 9.59 Å². The van der Waals surface area contributed by atoms with Crippen molar-refractivity contribution in [1.29, 1.82) is 0 Å². The maximum absolute atomic E-state index is 12.3. The molecule has 0 N–H and O–H groups in total. The van der Waals surface area contributed by atoms with Crippen LogP contribution in [0.2, 0.25) is 10.0 Å². The van der Waals surface area contributed by atoms with Crippen molar-refractivity contribution in [3.8, 4) is 0 Å². The normalized spacial score (nSPS) is 17.7. The summed E-state index contributed by atoms with van der Waals surface area (Å²) in [4.78, 5) is 28.0. The molecule has 1 heterocycles. The van der Waals surface area contributed by atoms with Gasteiger partial charge in [0.05, 0.1) is 15.8 Å². The molecule has 0 saturated carbocycles. The summed E-state index contributed by atoms with van der Waals surface area (Å²) < 4.78 is 0. The molecule has 1 fully saturated rings. The fourth-order valence-electron chi connectivity index (χ4n) is 2.73. The molecule has 0 radical (unpaired) electrons. The predicted octanol–water partition coefficient (Wildman–Crippen LogP) is 4.21. The van der Waals surface area contributed by atoms with E-state index in [4.69, 9.17) is 23.2 Å². The minimum Gasteiger partial charge on any atom is -0.339 e. The van der Waals surface area contributed by atoms with Crippen LogP contribution in [0, 0.1) is 0 Å². The Hall–Kier alpha value is -0.910. The average molecular weight is 389 g/mol. The molecule has 1 atom stereocenters.